The van der Waals surface area contributed by atoms with Gasteiger partial charge >= 0.3 is 12.1 Å². The van der Waals surface area contributed by atoms with Gasteiger partial charge in [0.15, 0.2) is 0 Å². The average Bonchev–Trinajstić information content (AvgIpc) is 3.20. The highest BCUT2D eigenvalue weighted by atomic mass is 19.4. The number of rotatable bonds is 4. The molecule has 1 N–H and O–H groups in total. The molecule has 0 aliphatic heterocycles. The van der Waals surface area contributed by atoms with Gasteiger partial charge in [0, 0.05) is 12.4 Å². The third kappa shape index (κ3) is 3.04. The molecular formula is C16H12F3N5O. The van der Waals surface area contributed by atoms with Gasteiger partial charge in [-0.05, 0) is 18.4 Å². The number of anilines is 1. The molecule has 6 nitrogen and oxygen atoms in total. The SMILES string of the molecule is FC(F)(F)c1nnc(-c2cnc(NC3(c4ccccc4)CC3)nc2)o1. The summed E-state index contributed by atoms with van der Waals surface area (Å²) in [6.45, 7) is 0. The fraction of sp³-hybridized carbons (Fsp3) is 0.250. The molecule has 25 heavy (non-hydrogen) atoms. The van der Waals surface area contributed by atoms with E-state index in [9.17, 15) is 13.2 Å². The molecule has 2 heterocycles. The number of nitrogens with zero attached hydrogens (tertiary/aromatic N) is 4. The highest BCUT2D eigenvalue weighted by Crippen LogP contribution is 2.47. The van der Waals surface area contributed by atoms with Gasteiger partial charge in [0.2, 0.25) is 5.95 Å². The molecule has 4 rings (SSSR count). The van der Waals surface area contributed by atoms with Crippen molar-refractivity contribution >= 4 is 5.95 Å². The second kappa shape index (κ2) is 5.54. The Labute approximate surface area is 140 Å². The lowest BCUT2D eigenvalue weighted by atomic mass is 10.1. The average molecular weight is 347 g/mol. The number of alkyl halides is 3. The number of halogens is 3. The zero-order valence-corrected chi connectivity index (χ0v) is 12.8. The monoisotopic (exact) mass is 347 g/mol. The number of benzene rings is 1. The second-order valence-corrected chi connectivity index (χ2v) is 5.78. The zero-order valence-electron chi connectivity index (χ0n) is 12.8. The zero-order chi connectivity index (χ0) is 17.5. The van der Waals surface area contributed by atoms with E-state index in [-0.39, 0.29) is 17.0 Å². The predicted molar refractivity (Wildman–Crippen MR) is 81.3 cm³/mol. The molecule has 0 unspecified atom stereocenters. The summed E-state index contributed by atoms with van der Waals surface area (Å²) in [5.41, 5.74) is 1.18. The van der Waals surface area contributed by atoms with Crippen molar-refractivity contribution in [3.63, 3.8) is 0 Å². The molecule has 9 heteroatoms. The fourth-order valence-corrected chi connectivity index (χ4v) is 2.54. The molecule has 1 aliphatic rings. The molecule has 3 aromatic rings. The van der Waals surface area contributed by atoms with Gasteiger partial charge in [-0.1, -0.05) is 30.3 Å². The van der Waals surface area contributed by atoms with Gasteiger partial charge in [-0.3, -0.25) is 0 Å². The molecule has 0 bridgehead atoms. The van der Waals surface area contributed by atoms with Crippen molar-refractivity contribution in [2.45, 2.75) is 24.6 Å². The quantitative estimate of drug-likeness (QED) is 0.776. The lowest BCUT2D eigenvalue weighted by Crippen LogP contribution is -2.20. The minimum absolute atomic E-state index is 0.184. The van der Waals surface area contributed by atoms with E-state index in [2.05, 4.69) is 29.9 Å². The van der Waals surface area contributed by atoms with Crippen molar-refractivity contribution in [1.29, 1.82) is 0 Å². The fourth-order valence-electron chi connectivity index (χ4n) is 2.54. The molecule has 128 valence electrons. The molecule has 2 aromatic heterocycles. The Kier molecular flexibility index (Phi) is 3.45. The first kappa shape index (κ1) is 15.6. The Bertz CT molecular complexity index is 873. The Hall–Kier alpha value is -2.97. The van der Waals surface area contributed by atoms with Crippen LogP contribution in [0.1, 0.15) is 24.3 Å². The van der Waals surface area contributed by atoms with Crippen molar-refractivity contribution in [3.8, 4) is 11.5 Å². The van der Waals surface area contributed by atoms with Gasteiger partial charge in [-0.25, -0.2) is 9.97 Å². The molecule has 1 saturated carbocycles. The summed E-state index contributed by atoms with van der Waals surface area (Å²) in [5, 5.41) is 9.65. The van der Waals surface area contributed by atoms with Gasteiger partial charge in [-0.15, -0.1) is 10.2 Å². The van der Waals surface area contributed by atoms with Crippen LogP contribution in [0.15, 0.2) is 47.1 Å². The van der Waals surface area contributed by atoms with Crippen LogP contribution < -0.4 is 5.32 Å². The van der Waals surface area contributed by atoms with Gasteiger partial charge in [-0.2, -0.15) is 13.2 Å². The Morgan fingerprint density at radius 3 is 2.24 bits per heavy atom. The molecular weight excluding hydrogens is 335 g/mol. The number of aromatic nitrogens is 4. The lowest BCUT2D eigenvalue weighted by molar-refractivity contribution is -0.156. The lowest BCUT2D eigenvalue weighted by Gasteiger charge is -2.17. The Balaban J connectivity index is 1.52. The number of nitrogens with one attached hydrogen (secondary N) is 1. The van der Waals surface area contributed by atoms with E-state index in [0.717, 1.165) is 18.4 Å². The minimum atomic E-state index is -4.68. The highest BCUT2D eigenvalue weighted by molar-refractivity contribution is 5.51. The molecule has 0 spiro atoms. The molecule has 1 aliphatic carbocycles. The van der Waals surface area contributed by atoms with Crippen LogP contribution in [-0.4, -0.2) is 20.2 Å². The number of hydrogen-bond donors (Lipinski definition) is 1. The minimum Gasteiger partial charge on any atom is -0.413 e. The van der Waals surface area contributed by atoms with Crippen LogP contribution in [0.2, 0.25) is 0 Å². The van der Waals surface area contributed by atoms with Crippen molar-refractivity contribution in [1.82, 2.24) is 20.2 Å². The van der Waals surface area contributed by atoms with Crippen LogP contribution in [0.5, 0.6) is 0 Å². The Morgan fingerprint density at radius 1 is 1.00 bits per heavy atom. The topological polar surface area (TPSA) is 76.7 Å². The van der Waals surface area contributed by atoms with E-state index in [1.54, 1.807) is 0 Å². The van der Waals surface area contributed by atoms with E-state index >= 15 is 0 Å². The summed E-state index contributed by atoms with van der Waals surface area (Å²) in [4.78, 5) is 8.29. The van der Waals surface area contributed by atoms with Crippen LogP contribution in [0.25, 0.3) is 11.5 Å². The maximum Gasteiger partial charge on any atom is 0.470 e. The molecule has 0 saturated heterocycles. The molecule has 0 radical (unpaired) electrons. The van der Waals surface area contributed by atoms with Gasteiger partial charge in [0.05, 0.1) is 11.1 Å². The van der Waals surface area contributed by atoms with E-state index < -0.39 is 12.1 Å². The van der Waals surface area contributed by atoms with E-state index in [1.807, 2.05) is 30.3 Å². The maximum absolute atomic E-state index is 12.5. The Morgan fingerprint density at radius 2 is 1.68 bits per heavy atom. The van der Waals surface area contributed by atoms with Crippen molar-refractivity contribution in [2.24, 2.45) is 0 Å². The highest BCUT2D eigenvalue weighted by Gasteiger charge is 2.45. The van der Waals surface area contributed by atoms with Crippen LogP contribution >= 0.6 is 0 Å². The van der Waals surface area contributed by atoms with E-state index in [4.69, 9.17) is 0 Å². The normalized spacial score (nSPS) is 15.8. The number of hydrogen-bond acceptors (Lipinski definition) is 6. The first-order valence-corrected chi connectivity index (χ1v) is 7.53. The maximum atomic E-state index is 12.5. The summed E-state index contributed by atoms with van der Waals surface area (Å²) < 4.78 is 42.1. The summed E-state index contributed by atoms with van der Waals surface area (Å²) in [6.07, 6.45) is -0.0583. The second-order valence-electron chi connectivity index (χ2n) is 5.78. The van der Waals surface area contributed by atoms with Crippen LogP contribution in [-0.2, 0) is 11.7 Å². The van der Waals surface area contributed by atoms with Crippen LogP contribution in [0, 0.1) is 0 Å². The molecule has 0 amide bonds. The van der Waals surface area contributed by atoms with Gasteiger partial charge < -0.3 is 9.73 Å². The predicted octanol–water partition coefficient (Wildman–Crippen LogP) is 3.65. The van der Waals surface area contributed by atoms with Crippen molar-refractivity contribution in [2.75, 3.05) is 5.32 Å². The smallest absolute Gasteiger partial charge is 0.413 e. The molecule has 1 aromatic carbocycles. The van der Waals surface area contributed by atoms with Crippen LogP contribution in [0.3, 0.4) is 0 Å². The van der Waals surface area contributed by atoms with Crippen LogP contribution in [0.4, 0.5) is 19.1 Å². The summed E-state index contributed by atoms with van der Waals surface area (Å²) in [6, 6.07) is 9.95. The van der Waals surface area contributed by atoms with Crippen molar-refractivity contribution in [3.05, 3.63) is 54.2 Å². The summed E-state index contributed by atoms with van der Waals surface area (Å²) in [7, 11) is 0. The first-order valence-electron chi connectivity index (χ1n) is 7.53. The van der Waals surface area contributed by atoms with E-state index in [0.29, 0.717) is 5.95 Å². The van der Waals surface area contributed by atoms with E-state index in [1.165, 1.54) is 12.4 Å². The molecule has 0 atom stereocenters. The first-order chi connectivity index (χ1) is 12.0. The van der Waals surface area contributed by atoms with Gasteiger partial charge in [0.25, 0.3) is 5.89 Å². The summed E-state index contributed by atoms with van der Waals surface area (Å²) in [5.74, 6) is -1.28. The molecule has 1 fully saturated rings. The third-order valence-electron chi connectivity index (χ3n) is 3.99. The van der Waals surface area contributed by atoms with Gasteiger partial charge in [0.1, 0.15) is 0 Å². The summed E-state index contributed by atoms with van der Waals surface area (Å²) >= 11 is 0. The standard InChI is InChI=1S/C16H12F3N5O/c17-16(18,19)13-24-23-12(25-13)10-8-20-14(21-9-10)22-15(6-7-15)11-4-2-1-3-5-11/h1-5,8-9H,6-7H2,(H,20,21,22). The third-order valence-corrected chi connectivity index (χ3v) is 3.99. The van der Waals surface area contributed by atoms with Crippen molar-refractivity contribution < 1.29 is 17.6 Å². The largest absolute Gasteiger partial charge is 0.470 e.